The Morgan fingerprint density at radius 2 is 2.07 bits per heavy atom. The molecule has 1 saturated heterocycles. The van der Waals surface area contributed by atoms with Gasteiger partial charge in [0, 0.05) is 17.0 Å². The zero-order valence-electron chi connectivity index (χ0n) is 8.67. The molecule has 2 nitrogen and oxygen atoms in total. The van der Waals surface area contributed by atoms with E-state index in [0.29, 0.717) is 0 Å². The maximum atomic E-state index is 9.47. The average molecular weight is 226 g/mol. The average Bonchev–Trinajstić information content (AvgIpc) is 2.71. The van der Waals surface area contributed by atoms with Crippen LogP contribution in [0.5, 0.6) is 0 Å². The second-order valence-electron chi connectivity index (χ2n) is 4.39. The molecule has 3 heteroatoms. The predicted molar refractivity (Wildman–Crippen MR) is 62.2 cm³/mol. The zero-order chi connectivity index (χ0) is 10.7. The Kier molecular flexibility index (Phi) is 3.29. The van der Waals surface area contributed by atoms with Gasteiger partial charge in [-0.2, -0.15) is 0 Å². The summed E-state index contributed by atoms with van der Waals surface area (Å²) in [4.78, 5) is 0. The third kappa shape index (κ3) is 2.51. The van der Waals surface area contributed by atoms with Crippen molar-refractivity contribution in [1.29, 1.82) is 0 Å². The summed E-state index contributed by atoms with van der Waals surface area (Å²) in [6.07, 6.45) is 1.97. The lowest BCUT2D eigenvalue weighted by Gasteiger charge is -2.25. The van der Waals surface area contributed by atoms with Crippen LogP contribution in [0.2, 0.25) is 5.02 Å². The van der Waals surface area contributed by atoms with E-state index in [1.165, 1.54) is 5.56 Å². The van der Waals surface area contributed by atoms with Crippen molar-refractivity contribution in [2.24, 2.45) is 5.41 Å². The summed E-state index contributed by atoms with van der Waals surface area (Å²) in [6, 6.07) is 7.89. The number of hydrogen-bond acceptors (Lipinski definition) is 2. The van der Waals surface area contributed by atoms with Crippen molar-refractivity contribution in [2.75, 3.05) is 19.7 Å². The molecule has 0 aliphatic carbocycles. The van der Waals surface area contributed by atoms with Gasteiger partial charge >= 0.3 is 0 Å². The Hall–Kier alpha value is -0.570. The first-order chi connectivity index (χ1) is 7.24. The Morgan fingerprint density at radius 1 is 1.33 bits per heavy atom. The third-order valence-electron chi connectivity index (χ3n) is 3.16. The van der Waals surface area contributed by atoms with Crippen molar-refractivity contribution >= 4 is 11.6 Å². The topological polar surface area (TPSA) is 32.3 Å². The molecule has 0 aromatic heterocycles. The van der Waals surface area contributed by atoms with Crippen molar-refractivity contribution in [3.05, 3.63) is 34.9 Å². The van der Waals surface area contributed by atoms with E-state index in [9.17, 15) is 5.11 Å². The van der Waals surface area contributed by atoms with Crippen LogP contribution >= 0.6 is 11.6 Å². The van der Waals surface area contributed by atoms with E-state index in [1.807, 2.05) is 24.3 Å². The van der Waals surface area contributed by atoms with E-state index in [2.05, 4.69) is 5.32 Å². The highest BCUT2D eigenvalue weighted by Crippen LogP contribution is 2.29. The molecule has 2 rings (SSSR count). The first kappa shape index (κ1) is 10.9. The van der Waals surface area contributed by atoms with Crippen LogP contribution < -0.4 is 5.32 Å². The van der Waals surface area contributed by atoms with Gasteiger partial charge in [0.05, 0.1) is 6.61 Å². The highest BCUT2D eigenvalue weighted by atomic mass is 35.5. The van der Waals surface area contributed by atoms with Gasteiger partial charge in [-0.05, 0) is 37.1 Å². The van der Waals surface area contributed by atoms with Crippen LogP contribution in [0.1, 0.15) is 12.0 Å². The van der Waals surface area contributed by atoms with Crippen LogP contribution in [0.25, 0.3) is 0 Å². The minimum atomic E-state index is 0.0355. The molecule has 0 bridgehead atoms. The molecule has 0 amide bonds. The third-order valence-corrected chi connectivity index (χ3v) is 3.41. The summed E-state index contributed by atoms with van der Waals surface area (Å²) in [5.74, 6) is 0. The van der Waals surface area contributed by atoms with E-state index in [4.69, 9.17) is 11.6 Å². The van der Waals surface area contributed by atoms with E-state index in [0.717, 1.165) is 31.0 Å². The number of aliphatic hydroxyl groups excluding tert-OH is 1. The maximum absolute atomic E-state index is 9.47. The highest BCUT2D eigenvalue weighted by molar-refractivity contribution is 6.30. The molecule has 1 aliphatic rings. The molecule has 2 N–H and O–H groups in total. The molecule has 1 aromatic carbocycles. The zero-order valence-corrected chi connectivity index (χ0v) is 9.43. The number of halogens is 1. The van der Waals surface area contributed by atoms with Crippen LogP contribution in [0.4, 0.5) is 0 Å². The Labute approximate surface area is 95.3 Å². The second-order valence-corrected chi connectivity index (χ2v) is 4.82. The van der Waals surface area contributed by atoms with E-state index in [1.54, 1.807) is 0 Å². The van der Waals surface area contributed by atoms with E-state index in [-0.39, 0.29) is 12.0 Å². The summed E-state index contributed by atoms with van der Waals surface area (Å²) in [5, 5.41) is 13.5. The molecule has 1 fully saturated rings. The standard InChI is InChI=1S/C12H16ClNO/c13-11-3-1-10(2-4-11)7-12(9-15)5-6-14-8-12/h1-4,14-15H,5-9H2. The molecule has 15 heavy (non-hydrogen) atoms. The fourth-order valence-corrected chi connectivity index (χ4v) is 2.30. The van der Waals surface area contributed by atoms with Crippen molar-refractivity contribution in [3.63, 3.8) is 0 Å². The highest BCUT2D eigenvalue weighted by Gasteiger charge is 2.33. The number of rotatable bonds is 3. The second kappa shape index (κ2) is 4.52. The Bertz CT molecular complexity index is 317. The molecule has 0 spiro atoms. The first-order valence-electron chi connectivity index (χ1n) is 5.30. The van der Waals surface area contributed by atoms with Gasteiger partial charge in [0.1, 0.15) is 0 Å². The molecule has 1 aliphatic heterocycles. The van der Waals surface area contributed by atoms with Gasteiger partial charge in [-0.3, -0.25) is 0 Å². The maximum Gasteiger partial charge on any atom is 0.0503 e. The molecule has 1 heterocycles. The monoisotopic (exact) mass is 225 g/mol. The quantitative estimate of drug-likeness (QED) is 0.823. The fraction of sp³-hybridized carbons (Fsp3) is 0.500. The van der Waals surface area contributed by atoms with Crippen molar-refractivity contribution in [3.8, 4) is 0 Å². The van der Waals surface area contributed by atoms with Crippen LogP contribution in [0.15, 0.2) is 24.3 Å². The Balaban J connectivity index is 2.09. The largest absolute Gasteiger partial charge is 0.396 e. The minimum Gasteiger partial charge on any atom is -0.396 e. The molecular formula is C12H16ClNO. The summed E-state index contributed by atoms with van der Waals surface area (Å²) in [6.45, 7) is 2.17. The smallest absolute Gasteiger partial charge is 0.0503 e. The van der Waals surface area contributed by atoms with Gasteiger partial charge in [0.25, 0.3) is 0 Å². The number of benzene rings is 1. The molecule has 0 saturated carbocycles. The van der Waals surface area contributed by atoms with E-state index < -0.39 is 0 Å². The molecule has 1 unspecified atom stereocenters. The van der Waals surface area contributed by atoms with Gasteiger partial charge in [-0.15, -0.1) is 0 Å². The van der Waals surface area contributed by atoms with E-state index >= 15 is 0 Å². The van der Waals surface area contributed by atoms with Crippen LogP contribution in [0.3, 0.4) is 0 Å². The van der Waals surface area contributed by atoms with Gasteiger partial charge in [0.2, 0.25) is 0 Å². The molecule has 82 valence electrons. The lowest BCUT2D eigenvalue weighted by atomic mass is 9.82. The predicted octanol–water partition coefficient (Wildman–Crippen LogP) is 1.85. The molecular weight excluding hydrogens is 210 g/mol. The fourth-order valence-electron chi connectivity index (χ4n) is 2.17. The first-order valence-corrected chi connectivity index (χ1v) is 5.68. The number of aliphatic hydroxyl groups is 1. The van der Waals surface area contributed by atoms with Gasteiger partial charge in [-0.1, -0.05) is 23.7 Å². The van der Waals surface area contributed by atoms with Gasteiger partial charge < -0.3 is 10.4 Å². The number of nitrogens with one attached hydrogen (secondary N) is 1. The summed E-state index contributed by atoms with van der Waals surface area (Å²) < 4.78 is 0. The molecule has 1 aromatic rings. The van der Waals surface area contributed by atoms with Gasteiger partial charge in [-0.25, -0.2) is 0 Å². The van der Waals surface area contributed by atoms with Crippen LogP contribution in [-0.4, -0.2) is 24.8 Å². The number of hydrogen-bond donors (Lipinski definition) is 2. The van der Waals surface area contributed by atoms with Crippen molar-refractivity contribution < 1.29 is 5.11 Å². The minimum absolute atomic E-state index is 0.0355. The lowest BCUT2D eigenvalue weighted by Crippen LogP contribution is -2.30. The summed E-state index contributed by atoms with van der Waals surface area (Å²) >= 11 is 5.84. The lowest BCUT2D eigenvalue weighted by molar-refractivity contribution is 0.143. The summed E-state index contributed by atoms with van der Waals surface area (Å²) in [7, 11) is 0. The SMILES string of the molecule is OCC1(Cc2ccc(Cl)cc2)CCNC1. The Morgan fingerprint density at radius 3 is 2.60 bits per heavy atom. The normalized spacial score (nSPS) is 25.7. The van der Waals surface area contributed by atoms with Crippen molar-refractivity contribution in [2.45, 2.75) is 12.8 Å². The summed E-state index contributed by atoms with van der Waals surface area (Å²) in [5.41, 5.74) is 1.28. The van der Waals surface area contributed by atoms with Crippen LogP contribution in [-0.2, 0) is 6.42 Å². The molecule has 1 atom stereocenters. The van der Waals surface area contributed by atoms with Crippen molar-refractivity contribution in [1.82, 2.24) is 5.32 Å². The molecule has 0 radical (unpaired) electrons. The van der Waals surface area contributed by atoms with Gasteiger partial charge in [0.15, 0.2) is 0 Å². The van der Waals surface area contributed by atoms with Crippen LogP contribution in [0, 0.1) is 5.41 Å².